The number of imide groups is 2. The number of halogens is 3. The van der Waals surface area contributed by atoms with Gasteiger partial charge in [-0.3, -0.25) is 25.0 Å². The molecule has 3 atom stereocenters. The number of hydrogen-bond donors (Lipinski definition) is 2. The fourth-order valence-electron chi connectivity index (χ4n) is 6.16. The lowest BCUT2D eigenvalue weighted by atomic mass is 9.66. The van der Waals surface area contributed by atoms with E-state index in [1.54, 1.807) is 18.7 Å². The zero-order valence-corrected chi connectivity index (χ0v) is 19.8. The fraction of sp³-hybridized carbons (Fsp3) is 0.522. The second kappa shape index (κ2) is 7.66. The molecule has 4 aliphatic rings. The molecule has 1 aromatic carbocycles. The van der Waals surface area contributed by atoms with E-state index in [4.69, 9.17) is 9.26 Å². The molecule has 3 fully saturated rings. The molecule has 0 unspecified atom stereocenters. The van der Waals surface area contributed by atoms with Gasteiger partial charge in [-0.05, 0) is 25.5 Å². The van der Waals surface area contributed by atoms with Gasteiger partial charge in [0.1, 0.15) is 0 Å². The van der Waals surface area contributed by atoms with E-state index in [1.165, 1.54) is 6.07 Å². The molecule has 196 valence electrons. The van der Waals surface area contributed by atoms with Crippen LogP contribution >= 0.6 is 0 Å². The number of anilines is 1. The first-order chi connectivity index (χ1) is 17.4. The number of nitrogens with zero attached hydrogens (tertiary/aromatic N) is 3. The summed E-state index contributed by atoms with van der Waals surface area (Å²) >= 11 is 0. The Balaban J connectivity index is 1.52. The van der Waals surface area contributed by atoms with Crippen molar-refractivity contribution in [3.8, 4) is 0 Å². The number of carbonyl (C=O) groups excluding carboxylic acids is 4. The average molecular weight is 521 g/mol. The Morgan fingerprint density at radius 1 is 1.19 bits per heavy atom. The van der Waals surface area contributed by atoms with Crippen molar-refractivity contribution in [3.63, 3.8) is 0 Å². The molecule has 2 N–H and O–H groups in total. The average Bonchev–Trinajstić information content (AvgIpc) is 3.39. The molecule has 11 nitrogen and oxygen atoms in total. The van der Waals surface area contributed by atoms with Gasteiger partial charge in [-0.25, -0.2) is 18.0 Å². The molecule has 5 heterocycles. The number of urea groups is 1. The first kappa shape index (κ1) is 23.7. The van der Waals surface area contributed by atoms with Crippen molar-refractivity contribution in [3.05, 3.63) is 23.1 Å². The number of alkyl halides is 2. The maximum atomic E-state index is 16.0. The molecule has 4 aliphatic heterocycles. The number of hydrogen-bond acceptors (Lipinski definition) is 8. The monoisotopic (exact) mass is 521 g/mol. The second-order valence-corrected chi connectivity index (χ2v) is 10.1. The van der Waals surface area contributed by atoms with Crippen molar-refractivity contribution in [2.24, 2.45) is 5.41 Å². The molecule has 3 saturated heterocycles. The van der Waals surface area contributed by atoms with Crippen molar-refractivity contribution in [1.29, 1.82) is 0 Å². The van der Waals surface area contributed by atoms with Gasteiger partial charge in [0.15, 0.2) is 16.9 Å². The van der Waals surface area contributed by atoms with Gasteiger partial charge in [-0.2, -0.15) is 0 Å². The van der Waals surface area contributed by atoms with Crippen LogP contribution in [0, 0.1) is 11.2 Å². The van der Waals surface area contributed by atoms with Crippen LogP contribution in [0.25, 0.3) is 11.0 Å². The van der Waals surface area contributed by atoms with Gasteiger partial charge in [-0.1, -0.05) is 5.16 Å². The molecular formula is C23H22F3N5O6. The van der Waals surface area contributed by atoms with Gasteiger partial charge in [0, 0.05) is 25.9 Å². The van der Waals surface area contributed by atoms with E-state index in [2.05, 4.69) is 15.8 Å². The molecule has 0 radical (unpaired) electrons. The normalized spacial score (nSPS) is 28.2. The summed E-state index contributed by atoms with van der Waals surface area (Å²) in [5, 5.41) is 7.91. The SMILES string of the molecule is C[C@@H]1CN2c3c(cc4c(C(=O)N5CCC(F)(F)C5)noc4c3F)CC3(C(=O)NC(=O)NC3=O)[C@H]2[C@H](C)O1. The first-order valence-electron chi connectivity index (χ1n) is 11.8. The van der Waals surface area contributed by atoms with Gasteiger partial charge in [0.25, 0.3) is 11.8 Å². The molecule has 0 bridgehead atoms. The Morgan fingerprint density at radius 2 is 1.89 bits per heavy atom. The summed E-state index contributed by atoms with van der Waals surface area (Å²) in [7, 11) is 0. The predicted octanol–water partition coefficient (Wildman–Crippen LogP) is 1.34. The molecule has 1 aromatic heterocycles. The minimum Gasteiger partial charge on any atom is -0.372 e. The van der Waals surface area contributed by atoms with Crippen molar-refractivity contribution in [1.82, 2.24) is 20.7 Å². The minimum absolute atomic E-state index is 0.0606. The van der Waals surface area contributed by atoms with Crippen LogP contribution in [0.15, 0.2) is 10.6 Å². The lowest BCUT2D eigenvalue weighted by Gasteiger charge is -2.55. The highest BCUT2D eigenvalue weighted by atomic mass is 19.3. The number of nitrogens with one attached hydrogen (secondary N) is 2. The maximum absolute atomic E-state index is 16.0. The number of amides is 5. The Labute approximate surface area is 207 Å². The van der Waals surface area contributed by atoms with Crippen LogP contribution in [0.3, 0.4) is 0 Å². The quantitative estimate of drug-likeness (QED) is 0.537. The molecule has 37 heavy (non-hydrogen) atoms. The van der Waals surface area contributed by atoms with Crippen LogP contribution < -0.4 is 15.5 Å². The Hall–Kier alpha value is -3.68. The molecule has 2 aromatic rings. The van der Waals surface area contributed by atoms with Crippen LogP contribution in [0.4, 0.5) is 23.7 Å². The van der Waals surface area contributed by atoms with Crippen molar-refractivity contribution >= 4 is 40.4 Å². The maximum Gasteiger partial charge on any atom is 0.328 e. The molecular weight excluding hydrogens is 499 g/mol. The molecule has 5 amide bonds. The fourth-order valence-corrected chi connectivity index (χ4v) is 6.16. The number of fused-ring (bicyclic) bond motifs is 5. The molecule has 0 saturated carbocycles. The zero-order chi connectivity index (χ0) is 26.4. The van der Waals surface area contributed by atoms with Crippen molar-refractivity contribution in [2.75, 3.05) is 24.5 Å². The van der Waals surface area contributed by atoms with E-state index < -0.39 is 72.1 Å². The van der Waals surface area contributed by atoms with Crippen LogP contribution in [-0.2, 0) is 20.7 Å². The van der Waals surface area contributed by atoms with Gasteiger partial charge in [-0.15, -0.1) is 0 Å². The summed E-state index contributed by atoms with van der Waals surface area (Å²) in [5.74, 6) is -6.45. The Kier molecular flexibility index (Phi) is 4.91. The van der Waals surface area contributed by atoms with E-state index in [1.807, 2.05) is 0 Å². The molecule has 1 spiro atoms. The highest BCUT2D eigenvalue weighted by Gasteiger charge is 2.63. The standard InChI is InChI=1S/C23H22F3N5O6/c1-9-7-31-15-11(6-23(17(31)10(2)36-9)19(33)27-21(35)28-20(23)34)5-12-14(29-37-16(12)13(15)24)18(32)30-4-3-22(25,26)8-30/h5,9-10,17H,3-4,6-8H2,1-2H3,(H2,27,28,33,34,35)/t9-,10+,17-/m1/s1. The number of aromatic nitrogens is 1. The number of ether oxygens (including phenoxy) is 1. The lowest BCUT2D eigenvalue weighted by Crippen LogP contribution is -2.75. The summed E-state index contributed by atoms with van der Waals surface area (Å²) in [4.78, 5) is 53.8. The Bertz CT molecular complexity index is 1370. The molecule has 0 aliphatic carbocycles. The number of likely N-dealkylation sites (tertiary alicyclic amines) is 1. The molecule has 6 rings (SSSR count). The van der Waals surface area contributed by atoms with Gasteiger partial charge < -0.3 is 19.1 Å². The van der Waals surface area contributed by atoms with E-state index >= 15 is 4.39 Å². The summed E-state index contributed by atoms with van der Waals surface area (Å²) in [5.41, 5.74) is -2.28. The number of benzene rings is 1. The second-order valence-electron chi connectivity index (χ2n) is 10.1. The van der Waals surface area contributed by atoms with E-state index in [-0.39, 0.29) is 47.4 Å². The lowest BCUT2D eigenvalue weighted by molar-refractivity contribution is -0.153. The van der Waals surface area contributed by atoms with Crippen molar-refractivity contribution in [2.45, 2.75) is 50.9 Å². The Morgan fingerprint density at radius 3 is 2.54 bits per heavy atom. The van der Waals surface area contributed by atoms with Gasteiger partial charge in [0.05, 0.1) is 35.9 Å². The first-order valence-corrected chi connectivity index (χ1v) is 11.8. The third-order valence-corrected chi connectivity index (χ3v) is 7.62. The van der Waals surface area contributed by atoms with Gasteiger partial charge in [0.2, 0.25) is 17.4 Å². The van der Waals surface area contributed by atoms with E-state index in [0.717, 1.165) is 4.90 Å². The van der Waals surface area contributed by atoms with Crippen LogP contribution in [-0.4, -0.2) is 77.6 Å². The number of carbonyl (C=O) groups is 4. The summed E-state index contributed by atoms with van der Waals surface area (Å²) < 4.78 is 54.6. The van der Waals surface area contributed by atoms with Crippen LogP contribution in [0.1, 0.15) is 36.3 Å². The summed E-state index contributed by atoms with van der Waals surface area (Å²) in [6.07, 6.45) is -1.92. The smallest absolute Gasteiger partial charge is 0.328 e. The van der Waals surface area contributed by atoms with Crippen molar-refractivity contribution < 1.29 is 41.6 Å². The molecule has 14 heteroatoms. The topological polar surface area (TPSA) is 134 Å². The third kappa shape index (κ3) is 3.27. The highest BCUT2D eigenvalue weighted by molar-refractivity contribution is 6.20. The minimum atomic E-state index is -3.04. The number of morpholine rings is 1. The largest absolute Gasteiger partial charge is 0.372 e. The number of rotatable bonds is 1. The third-order valence-electron chi connectivity index (χ3n) is 7.62. The van der Waals surface area contributed by atoms with Crippen LogP contribution in [0.2, 0.25) is 0 Å². The number of barbiturate groups is 1. The van der Waals surface area contributed by atoms with E-state index in [9.17, 15) is 28.0 Å². The predicted molar refractivity (Wildman–Crippen MR) is 118 cm³/mol. The zero-order valence-electron chi connectivity index (χ0n) is 19.8. The summed E-state index contributed by atoms with van der Waals surface area (Å²) in [6.45, 7) is 2.53. The van der Waals surface area contributed by atoms with Gasteiger partial charge >= 0.3 is 6.03 Å². The highest BCUT2D eigenvalue weighted by Crippen LogP contribution is 2.49. The summed E-state index contributed by atoms with van der Waals surface area (Å²) in [6, 6.07) is -0.537. The van der Waals surface area contributed by atoms with Crippen LogP contribution in [0.5, 0.6) is 0 Å². The van der Waals surface area contributed by atoms with E-state index in [0.29, 0.717) is 0 Å².